The molecule has 1 aromatic carbocycles. The Hall–Kier alpha value is -1.76. The number of halogens is 1. The average molecular weight is 315 g/mol. The summed E-state index contributed by atoms with van der Waals surface area (Å²) in [5, 5.41) is 10.7. The molecule has 0 bridgehead atoms. The lowest BCUT2D eigenvalue weighted by Crippen LogP contribution is -2.46. The Labute approximate surface area is 125 Å². The van der Waals surface area contributed by atoms with Crippen LogP contribution in [0, 0.1) is 5.82 Å². The van der Waals surface area contributed by atoms with E-state index in [2.05, 4.69) is 5.32 Å². The Balaban J connectivity index is 3.01. The summed E-state index contributed by atoms with van der Waals surface area (Å²) in [6.07, 6.45) is 0. The highest BCUT2D eigenvalue weighted by molar-refractivity contribution is 7.86. The zero-order chi connectivity index (χ0) is 16.4. The Morgan fingerprint density at radius 2 is 1.90 bits per heavy atom. The van der Waals surface area contributed by atoms with Crippen molar-refractivity contribution in [1.82, 2.24) is 5.32 Å². The zero-order valence-electron chi connectivity index (χ0n) is 12.3. The second kappa shape index (κ2) is 6.34. The molecular weight excluding hydrogens is 297 g/mol. The average Bonchev–Trinajstić information content (AvgIpc) is 2.35. The summed E-state index contributed by atoms with van der Waals surface area (Å²) in [5.74, 6) is -2.77. The number of carboxylic acid groups (broad SMARTS) is 1. The van der Waals surface area contributed by atoms with Crippen LogP contribution in [0.5, 0.6) is 0 Å². The highest BCUT2D eigenvalue weighted by Crippen LogP contribution is 2.17. The minimum Gasteiger partial charge on any atom is -0.478 e. The monoisotopic (exact) mass is 315 g/mol. The highest BCUT2D eigenvalue weighted by Gasteiger charge is 2.26. The smallest absolute Gasteiger partial charge is 0.338 e. The third-order valence-corrected chi connectivity index (χ3v) is 4.16. The number of hydrogen-bond acceptors (Lipinski definition) is 3. The molecule has 5 nitrogen and oxygen atoms in total. The molecule has 21 heavy (non-hydrogen) atoms. The Bertz CT molecular complexity index is 595. The van der Waals surface area contributed by atoms with Crippen molar-refractivity contribution in [2.24, 2.45) is 0 Å². The number of rotatable bonds is 4. The summed E-state index contributed by atoms with van der Waals surface area (Å²) in [6, 6.07) is 3.15. The van der Waals surface area contributed by atoms with Gasteiger partial charge >= 0.3 is 5.97 Å². The number of nitrogens with one attached hydrogen (secondary N) is 1. The lowest BCUT2D eigenvalue weighted by atomic mass is 10.1. The van der Waals surface area contributed by atoms with Crippen molar-refractivity contribution in [1.29, 1.82) is 0 Å². The Kier molecular flexibility index (Phi) is 5.22. The molecule has 0 aliphatic carbocycles. The Morgan fingerprint density at radius 1 is 1.33 bits per heavy atom. The van der Waals surface area contributed by atoms with Gasteiger partial charge in [0.25, 0.3) is 0 Å². The molecule has 2 atom stereocenters. The SMILES string of the molecule is CC(C(=O)NC(C)(C)C)S(=O)c1ccc(F)c(C(=O)O)c1. The zero-order valence-corrected chi connectivity index (χ0v) is 13.1. The van der Waals surface area contributed by atoms with Crippen LogP contribution in [-0.4, -0.2) is 32.0 Å². The standard InChI is InChI=1S/C14H18FNO4S/c1-8(12(17)16-14(2,3)4)21(20)9-5-6-11(15)10(7-9)13(18)19/h5-8H,1-4H3,(H,16,17)(H,18,19). The van der Waals surface area contributed by atoms with Gasteiger partial charge in [-0.25, -0.2) is 9.18 Å². The van der Waals surface area contributed by atoms with Gasteiger partial charge in [-0.15, -0.1) is 0 Å². The minimum atomic E-state index is -1.77. The first-order valence-corrected chi connectivity index (χ1v) is 7.49. The van der Waals surface area contributed by atoms with Crippen molar-refractivity contribution in [3.05, 3.63) is 29.6 Å². The van der Waals surface area contributed by atoms with Crippen LogP contribution in [0.4, 0.5) is 4.39 Å². The van der Waals surface area contributed by atoms with E-state index < -0.39 is 44.8 Å². The molecule has 0 aliphatic rings. The highest BCUT2D eigenvalue weighted by atomic mass is 32.2. The maximum atomic E-state index is 13.3. The number of carbonyl (C=O) groups excluding carboxylic acids is 1. The minimum absolute atomic E-state index is 0.102. The molecule has 0 aromatic heterocycles. The fraction of sp³-hybridized carbons (Fsp3) is 0.429. The molecule has 1 aromatic rings. The van der Waals surface area contributed by atoms with Crippen LogP contribution < -0.4 is 5.32 Å². The van der Waals surface area contributed by atoms with Gasteiger partial charge in [-0.05, 0) is 45.9 Å². The van der Waals surface area contributed by atoms with E-state index in [4.69, 9.17) is 5.11 Å². The van der Waals surface area contributed by atoms with Gasteiger partial charge in [-0.1, -0.05) is 0 Å². The third kappa shape index (κ3) is 4.63. The number of carboxylic acids is 1. The molecule has 0 saturated heterocycles. The summed E-state index contributed by atoms with van der Waals surface area (Å²) in [5.41, 5.74) is -1.03. The topological polar surface area (TPSA) is 83.5 Å². The summed E-state index contributed by atoms with van der Waals surface area (Å²) in [6.45, 7) is 6.85. The van der Waals surface area contributed by atoms with Gasteiger partial charge in [-0.3, -0.25) is 9.00 Å². The van der Waals surface area contributed by atoms with E-state index in [1.165, 1.54) is 13.0 Å². The van der Waals surface area contributed by atoms with Gasteiger partial charge < -0.3 is 10.4 Å². The van der Waals surface area contributed by atoms with Crippen molar-refractivity contribution >= 4 is 22.7 Å². The van der Waals surface area contributed by atoms with Crippen LogP contribution in [-0.2, 0) is 15.6 Å². The number of carbonyl (C=O) groups is 2. The molecule has 0 heterocycles. The number of amides is 1. The summed E-state index contributed by atoms with van der Waals surface area (Å²) >= 11 is 0. The predicted molar refractivity (Wildman–Crippen MR) is 77.1 cm³/mol. The quantitative estimate of drug-likeness (QED) is 0.889. The molecular formula is C14H18FNO4S. The molecule has 0 radical (unpaired) electrons. The van der Waals surface area contributed by atoms with E-state index in [0.29, 0.717) is 0 Å². The molecule has 0 fully saturated rings. The molecule has 0 aliphatic heterocycles. The van der Waals surface area contributed by atoms with E-state index in [1.807, 2.05) is 0 Å². The predicted octanol–water partition coefficient (Wildman–Crippen LogP) is 1.93. The summed E-state index contributed by atoms with van der Waals surface area (Å²) in [7, 11) is -1.77. The maximum Gasteiger partial charge on any atom is 0.338 e. The lowest BCUT2D eigenvalue weighted by Gasteiger charge is -2.23. The van der Waals surface area contributed by atoms with Gasteiger partial charge in [0.15, 0.2) is 0 Å². The normalized spacial score (nSPS) is 14.3. The van der Waals surface area contributed by atoms with Gasteiger partial charge in [-0.2, -0.15) is 0 Å². The van der Waals surface area contributed by atoms with Crippen molar-refractivity contribution in [3.8, 4) is 0 Å². The molecule has 116 valence electrons. The van der Waals surface area contributed by atoms with Gasteiger partial charge in [0.05, 0.1) is 16.4 Å². The van der Waals surface area contributed by atoms with Crippen LogP contribution in [0.25, 0.3) is 0 Å². The first-order valence-electron chi connectivity index (χ1n) is 6.28. The van der Waals surface area contributed by atoms with E-state index in [0.717, 1.165) is 12.1 Å². The van der Waals surface area contributed by atoms with E-state index >= 15 is 0 Å². The molecule has 0 saturated carbocycles. The molecule has 0 spiro atoms. The fourth-order valence-electron chi connectivity index (χ4n) is 1.57. The second-order valence-electron chi connectivity index (χ2n) is 5.63. The van der Waals surface area contributed by atoms with Crippen molar-refractivity contribution in [2.45, 2.75) is 43.4 Å². The van der Waals surface area contributed by atoms with Crippen molar-refractivity contribution in [2.75, 3.05) is 0 Å². The summed E-state index contributed by atoms with van der Waals surface area (Å²) < 4.78 is 25.6. The van der Waals surface area contributed by atoms with E-state index in [-0.39, 0.29) is 4.90 Å². The lowest BCUT2D eigenvalue weighted by molar-refractivity contribution is -0.121. The van der Waals surface area contributed by atoms with Crippen LogP contribution in [0.1, 0.15) is 38.1 Å². The van der Waals surface area contributed by atoms with Gasteiger partial charge in [0.2, 0.25) is 5.91 Å². The molecule has 2 unspecified atom stereocenters. The molecule has 1 amide bonds. The van der Waals surface area contributed by atoms with Crippen molar-refractivity contribution < 1.29 is 23.3 Å². The summed E-state index contributed by atoms with van der Waals surface area (Å²) in [4.78, 5) is 22.9. The molecule has 7 heteroatoms. The number of hydrogen-bond donors (Lipinski definition) is 2. The van der Waals surface area contributed by atoms with Crippen LogP contribution in [0.15, 0.2) is 23.1 Å². The van der Waals surface area contributed by atoms with Gasteiger partial charge in [0, 0.05) is 10.4 Å². The van der Waals surface area contributed by atoms with Crippen LogP contribution in [0.2, 0.25) is 0 Å². The number of aromatic carboxylic acids is 1. The first kappa shape index (κ1) is 17.3. The van der Waals surface area contributed by atoms with E-state index in [1.54, 1.807) is 20.8 Å². The largest absolute Gasteiger partial charge is 0.478 e. The van der Waals surface area contributed by atoms with E-state index in [9.17, 15) is 18.2 Å². The van der Waals surface area contributed by atoms with Gasteiger partial charge in [0.1, 0.15) is 11.1 Å². The first-order chi connectivity index (χ1) is 9.53. The maximum absolute atomic E-state index is 13.3. The van der Waals surface area contributed by atoms with Crippen LogP contribution in [0.3, 0.4) is 0 Å². The fourth-order valence-corrected chi connectivity index (χ4v) is 2.66. The second-order valence-corrected chi connectivity index (χ2v) is 7.40. The molecule has 1 rings (SSSR count). The molecule has 2 N–H and O–H groups in total. The van der Waals surface area contributed by atoms with Crippen molar-refractivity contribution in [3.63, 3.8) is 0 Å². The Morgan fingerprint density at radius 3 is 2.38 bits per heavy atom. The third-order valence-electron chi connectivity index (χ3n) is 2.59. The number of benzene rings is 1. The van der Waals surface area contributed by atoms with Crippen LogP contribution >= 0.6 is 0 Å².